The lowest BCUT2D eigenvalue weighted by molar-refractivity contribution is -0.109. The van der Waals surface area contributed by atoms with Crippen molar-refractivity contribution in [1.29, 1.82) is 0 Å². The first-order valence-corrected chi connectivity index (χ1v) is 3.76. The average molecular weight is 198 g/mol. The molecule has 4 N–H and O–H groups in total. The molecule has 1 amide bonds. The SMILES string of the molecule is O=CNNc1ccc(F)c(B(O)O)c1. The monoisotopic (exact) mass is 198 g/mol. The highest BCUT2D eigenvalue weighted by Gasteiger charge is 2.16. The van der Waals surface area contributed by atoms with Gasteiger partial charge in [-0.1, -0.05) is 0 Å². The molecule has 0 fully saturated rings. The van der Waals surface area contributed by atoms with Crippen LogP contribution in [0.25, 0.3) is 0 Å². The van der Waals surface area contributed by atoms with Gasteiger partial charge in [-0.2, -0.15) is 0 Å². The molecule has 0 spiro atoms. The number of hydrogen-bond donors (Lipinski definition) is 4. The Morgan fingerprint density at radius 3 is 2.71 bits per heavy atom. The van der Waals surface area contributed by atoms with E-state index in [1.807, 2.05) is 0 Å². The summed E-state index contributed by atoms with van der Waals surface area (Å²) in [5.41, 5.74) is 4.63. The summed E-state index contributed by atoms with van der Waals surface area (Å²) in [6.45, 7) is 0. The van der Waals surface area contributed by atoms with Crippen molar-refractivity contribution in [3.05, 3.63) is 24.0 Å². The van der Waals surface area contributed by atoms with Crippen molar-refractivity contribution in [2.45, 2.75) is 0 Å². The van der Waals surface area contributed by atoms with Gasteiger partial charge in [-0.25, -0.2) is 4.39 Å². The Hall–Kier alpha value is -1.60. The fraction of sp³-hybridized carbons (Fsp3) is 0. The minimum absolute atomic E-state index is 0.261. The lowest BCUT2D eigenvalue weighted by Gasteiger charge is -2.07. The maximum atomic E-state index is 12.9. The standard InChI is InChI=1S/C7H8BFN2O3/c9-7-2-1-5(11-10-4-12)3-6(7)8(13)14/h1-4,11,13-14H,(H,10,12). The summed E-state index contributed by atoms with van der Waals surface area (Å²) >= 11 is 0. The van der Waals surface area contributed by atoms with E-state index in [4.69, 9.17) is 10.0 Å². The minimum atomic E-state index is -1.88. The Balaban J connectivity index is 2.88. The summed E-state index contributed by atoms with van der Waals surface area (Å²) in [7, 11) is -1.88. The maximum absolute atomic E-state index is 12.9. The fourth-order valence-corrected chi connectivity index (χ4v) is 0.932. The van der Waals surface area contributed by atoms with Crippen molar-refractivity contribution in [2.75, 3.05) is 5.43 Å². The van der Waals surface area contributed by atoms with Crippen LogP contribution in [0.2, 0.25) is 0 Å². The van der Waals surface area contributed by atoms with E-state index in [9.17, 15) is 9.18 Å². The highest BCUT2D eigenvalue weighted by atomic mass is 19.1. The van der Waals surface area contributed by atoms with Gasteiger partial charge in [0.25, 0.3) is 0 Å². The zero-order chi connectivity index (χ0) is 10.6. The summed E-state index contributed by atoms with van der Waals surface area (Å²) in [4.78, 5) is 9.92. The number of halogens is 1. The van der Waals surface area contributed by atoms with Gasteiger partial charge in [0.15, 0.2) is 0 Å². The normalized spacial score (nSPS) is 9.36. The number of hydrazine groups is 1. The molecule has 0 aromatic heterocycles. The molecular formula is C7H8BFN2O3. The van der Waals surface area contributed by atoms with E-state index in [2.05, 4.69) is 10.9 Å². The predicted molar refractivity (Wildman–Crippen MR) is 49.0 cm³/mol. The number of anilines is 1. The van der Waals surface area contributed by atoms with E-state index in [0.717, 1.165) is 6.07 Å². The summed E-state index contributed by atoms with van der Waals surface area (Å²) in [5.74, 6) is -0.725. The molecule has 1 aromatic carbocycles. The number of carbonyl (C=O) groups is 1. The topological polar surface area (TPSA) is 81.6 Å². The van der Waals surface area contributed by atoms with Crippen molar-refractivity contribution < 1.29 is 19.2 Å². The third-order valence-corrected chi connectivity index (χ3v) is 1.55. The van der Waals surface area contributed by atoms with Crippen LogP contribution in [0.15, 0.2) is 18.2 Å². The van der Waals surface area contributed by atoms with Gasteiger partial charge in [-0.15, -0.1) is 0 Å². The summed E-state index contributed by atoms with van der Waals surface area (Å²) in [6.07, 6.45) is 0.401. The first-order valence-electron chi connectivity index (χ1n) is 3.76. The Morgan fingerprint density at radius 2 is 2.14 bits per heavy atom. The number of benzene rings is 1. The molecule has 0 radical (unpaired) electrons. The molecule has 1 rings (SSSR count). The smallest absolute Gasteiger partial charge is 0.423 e. The highest BCUT2D eigenvalue weighted by Crippen LogP contribution is 2.05. The van der Waals surface area contributed by atoms with Crippen LogP contribution in [-0.2, 0) is 4.79 Å². The van der Waals surface area contributed by atoms with Gasteiger partial charge in [-0.05, 0) is 18.2 Å². The van der Waals surface area contributed by atoms with E-state index in [-0.39, 0.29) is 5.46 Å². The molecule has 0 aliphatic rings. The van der Waals surface area contributed by atoms with E-state index in [1.54, 1.807) is 0 Å². The summed E-state index contributed by atoms with van der Waals surface area (Å²) in [6, 6.07) is 3.58. The first-order chi connectivity index (χ1) is 6.65. The van der Waals surface area contributed by atoms with Crippen LogP contribution >= 0.6 is 0 Å². The summed E-state index contributed by atoms with van der Waals surface area (Å²) in [5, 5.41) is 17.5. The van der Waals surface area contributed by atoms with Crippen LogP contribution in [0.4, 0.5) is 10.1 Å². The van der Waals surface area contributed by atoms with Crippen LogP contribution in [0.3, 0.4) is 0 Å². The molecule has 0 unspecified atom stereocenters. The predicted octanol–water partition coefficient (Wildman–Crippen LogP) is -1.42. The van der Waals surface area contributed by atoms with Gasteiger partial charge >= 0.3 is 7.12 Å². The van der Waals surface area contributed by atoms with Crippen molar-refractivity contribution in [3.63, 3.8) is 0 Å². The molecule has 14 heavy (non-hydrogen) atoms. The number of hydrogen-bond acceptors (Lipinski definition) is 4. The molecule has 0 atom stereocenters. The average Bonchev–Trinajstić information content (AvgIpc) is 2.16. The van der Waals surface area contributed by atoms with Gasteiger partial charge in [0, 0.05) is 5.46 Å². The fourth-order valence-electron chi connectivity index (χ4n) is 0.932. The molecule has 0 aliphatic heterocycles. The third-order valence-electron chi connectivity index (χ3n) is 1.55. The van der Waals surface area contributed by atoms with Crippen LogP contribution in [0.5, 0.6) is 0 Å². The van der Waals surface area contributed by atoms with Crippen LogP contribution in [-0.4, -0.2) is 23.6 Å². The second kappa shape index (κ2) is 4.59. The number of nitrogens with one attached hydrogen (secondary N) is 2. The molecule has 7 heteroatoms. The zero-order valence-electron chi connectivity index (χ0n) is 7.07. The van der Waals surface area contributed by atoms with Gasteiger partial charge in [0.2, 0.25) is 6.41 Å². The molecular weight excluding hydrogens is 190 g/mol. The van der Waals surface area contributed by atoms with E-state index < -0.39 is 12.9 Å². The largest absolute Gasteiger partial charge is 0.491 e. The Morgan fingerprint density at radius 1 is 1.43 bits per heavy atom. The lowest BCUT2D eigenvalue weighted by atomic mass is 9.80. The van der Waals surface area contributed by atoms with Gasteiger partial charge in [0.1, 0.15) is 5.82 Å². The van der Waals surface area contributed by atoms with Crippen LogP contribution in [0, 0.1) is 5.82 Å². The number of amides is 1. The second-order valence-corrected chi connectivity index (χ2v) is 2.50. The molecule has 0 heterocycles. The van der Waals surface area contributed by atoms with E-state index in [0.29, 0.717) is 12.1 Å². The first kappa shape index (κ1) is 10.5. The van der Waals surface area contributed by atoms with Crippen molar-refractivity contribution >= 4 is 24.7 Å². The Bertz CT molecular complexity index is 335. The van der Waals surface area contributed by atoms with Gasteiger partial charge in [-0.3, -0.25) is 15.6 Å². The Kier molecular flexibility index (Phi) is 3.44. The molecule has 74 valence electrons. The molecule has 0 bridgehead atoms. The molecule has 0 aliphatic carbocycles. The third kappa shape index (κ3) is 2.44. The zero-order valence-corrected chi connectivity index (χ0v) is 7.07. The second-order valence-electron chi connectivity index (χ2n) is 2.50. The van der Waals surface area contributed by atoms with E-state index in [1.165, 1.54) is 12.1 Å². The van der Waals surface area contributed by atoms with Crippen LogP contribution < -0.4 is 16.3 Å². The van der Waals surface area contributed by atoms with E-state index >= 15 is 0 Å². The number of carbonyl (C=O) groups excluding carboxylic acids is 1. The minimum Gasteiger partial charge on any atom is -0.423 e. The quantitative estimate of drug-likeness (QED) is 0.272. The highest BCUT2D eigenvalue weighted by molar-refractivity contribution is 6.58. The van der Waals surface area contributed by atoms with Crippen molar-refractivity contribution in [1.82, 2.24) is 5.43 Å². The molecule has 5 nitrogen and oxygen atoms in total. The number of rotatable bonds is 4. The Labute approximate surface area is 79.7 Å². The maximum Gasteiger partial charge on any atom is 0.491 e. The molecule has 0 saturated heterocycles. The molecule has 1 aromatic rings. The molecule has 0 saturated carbocycles. The van der Waals surface area contributed by atoms with Gasteiger partial charge in [0.05, 0.1) is 5.69 Å². The summed E-state index contributed by atoms with van der Waals surface area (Å²) < 4.78 is 12.9. The lowest BCUT2D eigenvalue weighted by Crippen LogP contribution is -2.33. The van der Waals surface area contributed by atoms with Crippen LogP contribution in [0.1, 0.15) is 0 Å². The van der Waals surface area contributed by atoms with Crippen molar-refractivity contribution in [3.8, 4) is 0 Å². The van der Waals surface area contributed by atoms with Crippen molar-refractivity contribution in [2.24, 2.45) is 0 Å². The van der Waals surface area contributed by atoms with Gasteiger partial charge < -0.3 is 10.0 Å².